The van der Waals surface area contributed by atoms with E-state index in [1.807, 2.05) is 0 Å². The molecule has 1 aliphatic carbocycles. The predicted molar refractivity (Wildman–Crippen MR) is 114 cm³/mol. The summed E-state index contributed by atoms with van der Waals surface area (Å²) in [6.07, 6.45) is 4.21. The van der Waals surface area contributed by atoms with Gasteiger partial charge in [-0.25, -0.2) is 0 Å². The molecule has 1 aliphatic heterocycles. The average Bonchev–Trinajstić information content (AvgIpc) is 2.67. The zero-order chi connectivity index (χ0) is 18.8. The minimum Gasteiger partial charge on any atom is -0.495 e. The van der Waals surface area contributed by atoms with Crippen molar-refractivity contribution in [2.45, 2.75) is 45.1 Å². The van der Waals surface area contributed by atoms with Gasteiger partial charge in [-0.1, -0.05) is 50.6 Å². The Bertz CT molecular complexity index is 774. The third kappa shape index (κ3) is 3.84. The van der Waals surface area contributed by atoms with Crippen LogP contribution in [0.2, 0.25) is 0 Å². The molecule has 0 radical (unpaired) electrons. The highest BCUT2D eigenvalue weighted by atomic mass is 16.5. The Morgan fingerprint density at radius 1 is 0.926 bits per heavy atom. The summed E-state index contributed by atoms with van der Waals surface area (Å²) >= 11 is 0. The molecule has 27 heavy (non-hydrogen) atoms. The summed E-state index contributed by atoms with van der Waals surface area (Å²) in [4.78, 5) is 5.17. The number of hydrogen-bond donors (Lipinski definition) is 0. The number of anilines is 1. The number of rotatable bonds is 5. The van der Waals surface area contributed by atoms with Crippen LogP contribution in [0.1, 0.15) is 44.6 Å². The highest BCUT2D eigenvalue weighted by Gasteiger charge is 2.28. The molecule has 4 rings (SSSR count). The summed E-state index contributed by atoms with van der Waals surface area (Å²) < 4.78 is 5.79. The summed E-state index contributed by atoms with van der Waals surface area (Å²) in [7, 11) is 1.79. The molecule has 1 saturated heterocycles. The largest absolute Gasteiger partial charge is 0.495 e. The Labute approximate surface area is 163 Å². The van der Waals surface area contributed by atoms with Gasteiger partial charge < -0.3 is 9.64 Å². The van der Waals surface area contributed by atoms with Crippen LogP contribution < -0.4 is 9.64 Å². The fourth-order valence-corrected chi connectivity index (χ4v) is 4.28. The summed E-state index contributed by atoms with van der Waals surface area (Å²) in [6, 6.07) is 16.4. The number of nitrogens with zero attached hydrogens (tertiary/aromatic N) is 2. The number of hydrogen-bond acceptors (Lipinski definition) is 3. The molecular formula is C24H32N2O. The van der Waals surface area contributed by atoms with Gasteiger partial charge in [-0.2, -0.15) is 0 Å². The molecule has 0 bridgehead atoms. The van der Waals surface area contributed by atoms with E-state index >= 15 is 0 Å². The predicted octanol–water partition coefficient (Wildman–Crippen LogP) is 5.16. The Kier molecular flexibility index (Phi) is 5.40. The van der Waals surface area contributed by atoms with Gasteiger partial charge in [-0.3, -0.25) is 4.90 Å². The molecule has 3 nitrogen and oxygen atoms in total. The number of piperazine rings is 1. The van der Waals surface area contributed by atoms with Crippen LogP contribution in [0.3, 0.4) is 0 Å². The quantitative estimate of drug-likeness (QED) is 0.729. The fourth-order valence-electron chi connectivity index (χ4n) is 4.28. The lowest BCUT2D eigenvalue weighted by molar-refractivity contribution is 0.120. The van der Waals surface area contributed by atoms with Crippen molar-refractivity contribution in [2.75, 3.05) is 38.2 Å². The molecule has 1 saturated carbocycles. The van der Waals surface area contributed by atoms with Gasteiger partial charge >= 0.3 is 0 Å². The van der Waals surface area contributed by atoms with Crippen molar-refractivity contribution in [2.24, 2.45) is 0 Å². The first-order chi connectivity index (χ1) is 13.2. The maximum Gasteiger partial charge on any atom is 0.142 e. The van der Waals surface area contributed by atoms with Crippen molar-refractivity contribution in [1.29, 1.82) is 0 Å². The summed E-state index contributed by atoms with van der Waals surface area (Å²) in [5.74, 6) is 1.53. The first-order valence-electron chi connectivity index (χ1n) is 10.4. The molecule has 0 amide bonds. The third-order valence-electron chi connectivity index (χ3n) is 6.31. The van der Waals surface area contributed by atoms with Crippen LogP contribution in [-0.2, 0) is 0 Å². The summed E-state index contributed by atoms with van der Waals surface area (Å²) in [5.41, 5.74) is 5.10. The maximum absolute atomic E-state index is 5.79. The molecule has 0 unspecified atom stereocenters. The fraction of sp³-hybridized carbons (Fsp3) is 0.500. The second kappa shape index (κ2) is 7.93. The van der Waals surface area contributed by atoms with Gasteiger partial charge in [0, 0.05) is 32.2 Å². The van der Waals surface area contributed by atoms with Crippen molar-refractivity contribution >= 4 is 5.69 Å². The van der Waals surface area contributed by atoms with Crippen molar-refractivity contribution < 1.29 is 4.74 Å². The molecule has 2 aromatic rings. The van der Waals surface area contributed by atoms with Crippen LogP contribution in [0.25, 0.3) is 11.1 Å². The molecule has 0 aromatic heterocycles. The molecular weight excluding hydrogens is 332 g/mol. The van der Waals surface area contributed by atoms with Crippen LogP contribution in [0.4, 0.5) is 5.69 Å². The monoisotopic (exact) mass is 364 g/mol. The van der Waals surface area contributed by atoms with E-state index in [1.165, 1.54) is 54.7 Å². The van der Waals surface area contributed by atoms with E-state index in [1.54, 1.807) is 7.11 Å². The van der Waals surface area contributed by atoms with Crippen LogP contribution in [0.5, 0.6) is 5.75 Å². The molecule has 0 spiro atoms. The van der Waals surface area contributed by atoms with Gasteiger partial charge in [-0.05, 0) is 47.6 Å². The highest BCUT2D eigenvalue weighted by Crippen LogP contribution is 2.35. The van der Waals surface area contributed by atoms with Crippen molar-refractivity contribution in [3.63, 3.8) is 0 Å². The van der Waals surface area contributed by atoms with Crippen molar-refractivity contribution in [3.8, 4) is 16.9 Å². The summed E-state index contributed by atoms with van der Waals surface area (Å²) in [6.45, 7) is 9.01. The van der Waals surface area contributed by atoms with Gasteiger partial charge in [0.05, 0.1) is 12.8 Å². The normalized spacial score (nSPS) is 18.6. The van der Waals surface area contributed by atoms with Crippen molar-refractivity contribution in [3.05, 3.63) is 48.0 Å². The minimum absolute atomic E-state index is 0.540. The first-order valence-corrected chi connectivity index (χ1v) is 10.4. The van der Waals surface area contributed by atoms with E-state index in [-0.39, 0.29) is 0 Å². The molecule has 3 heteroatoms. The number of methoxy groups -OCH3 is 1. The molecule has 144 valence electrons. The Morgan fingerprint density at radius 3 is 2.30 bits per heavy atom. The van der Waals surface area contributed by atoms with Crippen LogP contribution in [0, 0.1) is 0 Å². The van der Waals surface area contributed by atoms with Gasteiger partial charge in [0.15, 0.2) is 0 Å². The van der Waals surface area contributed by atoms with E-state index in [0.29, 0.717) is 5.92 Å². The van der Waals surface area contributed by atoms with Crippen LogP contribution in [-0.4, -0.2) is 44.2 Å². The van der Waals surface area contributed by atoms with Crippen LogP contribution in [0.15, 0.2) is 42.5 Å². The smallest absolute Gasteiger partial charge is 0.142 e. The summed E-state index contributed by atoms with van der Waals surface area (Å²) in [5, 5.41) is 0. The SMILES string of the molecule is COc1cc(-c2cccc(C(C)C)c2)ccc1N1CCN(C2CCC2)CC1. The van der Waals surface area contributed by atoms with Gasteiger partial charge in [0.25, 0.3) is 0 Å². The number of benzene rings is 2. The van der Waals surface area contributed by atoms with E-state index in [4.69, 9.17) is 4.74 Å². The Morgan fingerprint density at radius 2 is 1.67 bits per heavy atom. The molecule has 1 heterocycles. The lowest BCUT2D eigenvalue weighted by Gasteiger charge is -2.43. The van der Waals surface area contributed by atoms with Gasteiger partial charge in [0.2, 0.25) is 0 Å². The zero-order valence-electron chi connectivity index (χ0n) is 16.9. The minimum atomic E-state index is 0.540. The maximum atomic E-state index is 5.79. The first kappa shape index (κ1) is 18.4. The second-order valence-corrected chi connectivity index (χ2v) is 8.27. The Hall–Kier alpha value is -2.00. The van der Waals surface area contributed by atoms with E-state index < -0.39 is 0 Å². The highest BCUT2D eigenvalue weighted by molar-refractivity contribution is 5.72. The van der Waals surface area contributed by atoms with Crippen molar-refractivity contribution in [1.82, 2.24) is 4.90 Å². The van der Waals surface area contributed by atoms with E-state index in [0.717, 1.165) is 24.9 Å². The lowest BCUT2D eigenvalue weighted by Crippen LogP contribution is -2.52. The topological polar surface area (TPSA) is 15.7 Å². The van der Waals surface area contributed by atoms with Gasteiger partial charge in [-0.15, -0.1) is 0 Å². The number of ether oxygens (including phenoxy) is 1. The average molecular weight is 365 g/mol. The Balaban J connectivity index is 1.52. The molecule has 2 fully saturated rings. The lowest BCUT2D eigenvalue weighted by atomic mass is 9.91. The zero-order valence-corrected chi connectivity index (χ0v) is 16.9. The van der Waals surface area contributed by atoms with Gasteiger partial charge in [0.1, 0.15) is 5.75 Å². The van der Waals surface area contributed by atoms with E-state index in [2.05, 4.69) is 66.1 Å². The third-order valence-corrected chi connectivity index (χ3v) is 6.31. The molecule has 0 N–H and O–H groups in total. The molecule has 0 atom stereocenters. The van der Waals surface area contributed by atoms with E-state index in [9.17, 15) is 0 Å². The molecule has 2 aliphatic rings. The molecule has 2 aromatic carbocycles. The second-order valence-electron chi connectivity index (χ2n) is 8.27. The standard InChI is InChI=1S/C24H32N2O/c1-18(2)19-6-4-7-20(16-19)21-10-11-23(24(17-21)27-3)26-14-12-25(13-15-26)22-8-5-9-22/h4,6-7,10-11,16-18,22H,5,8-9,12-15H2,1-3H3. The van der Waals surface area contributed by atoms with Crippen LogP contribution >= 0.6 is 0 Å².